The van der Waals surface area contributed by atoms with Crippen LogP contribution in [0.1, 0.15) is 40.0 Å². The molecular weight excluding hydrogens is 300 g/mol. The molecule has 1 aliphatic rings. The number of carbonyl (C=O) groups excluding carboxylic acids is 1. The average molecular weight is 324 g/mol. The van der Waals surface area contributed by atoms with Crippen molar-refractivity contribution in [3.8, 4) is 0 Å². The van der Waals surface area contributed by atoms with Gasteiger partial charge in [0.2, 0.25) is 0 Å². The van der Waals surface area contributed by atoms with Crippen molar-refractivity contribution in [2.75, 3.05) is 19.8 Å². The molecule has 0 radical (unpaired) electrons. The first-order chi connectivity index (χ1) is 11.6. The standard InChI is InChI=1S/C20H24N2O2/c1-15-5-3-4-6-18(15)19(23)22-14-20(9-11-24-12-10-20)17-8-7-16(2)21-13-17/h3-8,13H,9-12,14H2,1-2H3,(H,22,23). The molecule has 1 fully saturated rings. The maximum absolute atomic E-state index is 12.6. The number of amides is 1. The molecule has 2 heterocycles. The topological polar surface area (TPSA) is 51.2 Å². The van der Waals surface area contributed by atoms with E-state index in [4.69, 9.17) is 4.74 Å². The van der Waals surface area contributed by atoms with Crippen LogP contribution in [0.5, 0.6) is 0 Å². The first kappa shape index (κ1) is 16.7. The molecule has 0 spiro atoms. The molecule has 0 unspecified atom stereocenters. The van der Waals surface area contributed by atoms with E-state index in [0.717, 1.165) is 29.7 Å². The van der Waals surface area contributed by atoms with Crippen molar-refractivity contribution in [2.24, 2.45) is 0 Å². The molecule has 1 aromatic carbocycles. The van der Waals surface area contributed by atoms with Crippen LogP contribution in [0.4, 0.5) is 0 Å². The molecule has 1 aliphatic heterocycles. The van der Waals surface area contributed by atoms with Crippen LogP contribution in [0.25, 0.3) is 0 Å². The molecule has 0 saturated carbocycles. The van der Waals surface area contributed by atoms with Gasteiger partial charge in [0.1, 0.15) is 0 Å². The van der Waals surface area contributed by atoms with E-state index in [1.54, 1.807) is 0 Å². The highest BCUT2D eigenvalue weighted by molar-refractivity contribution is 5.95. The highest BCUT2D eigenvalue weighted by Crippen LogP contribution is 2.34. The molecule has 126 valence electrons. The summed E-state index contributed by atoms with van der Waals surface area (Å²) in [5.41, 5.74) is 3.82. The molecule has 0 aliphatic carbocycles. The lowest BCUT2D eigenvalue weighted by Crippen LogP contribution is -2.44. The summed E-state index contributed by atoms with van der Waals surface area (Å²) in [7, 11) is 0. The van der Waals surface area contributed by atoms with E-state index in [2.05, 4.69) is 16.4 Å². The largest absolute Gasteiger partial charge is 0.381 e. The summed E-state index contributed by atoms with van der Waals surface area (Å²) in [4.78, 5) is 17.0. The highest BCUT2D eigenvalue weighted by Gasteiger charge is 2.35. The van der Waals surface area contributed by atoms with Gasteiger partial charge in [0.05, 0.1) is 0 Å². The van der Waals surface area contributed by atoms with Gasteiger partial charge in [-0.25, -0.2) is 0 Å². The van der Waals surface area contributed by atoms with Gasteiger partial charge in [-0.05, 0) is 49.9 Å². The minimum absolute atomic E-state index is 0.0148. The van der Waals surface area contributed by atoms with Crippen molar-refractivity contribution in [1.82, 2.24) is 10.3 Å². The van der Waals surface area contributed by atoms with Gasteiger partial charge in [-0.15, -0.1) is 0 Å². The number of hydrogen-bond acceptors (Lipinski definition) is 3. The van der Waals surface area contributed by atoms with Crippen LogP contribution < -0.4 is 5.32 Å². The Morgan fingerprint density at radius 1 is 1.17 bits per heavy atom. The van der Waals surface area contributed by atoms with Crippen LogP contribution >= 0.6 is 0 Å². The van der Waals surface area contributed by atoms with Gasteiger partial charge in [-0.2, -0.15) is 0 Å². The second-order valence-electron chi connectivity index (χ2n) is 6.58. The summed E-state index contributed by atoms with van der Waals surface area (Å²) < 4.78 is 5.55. The van der Waals surface area contributed by atoms with Crippen LogP contribution in [0, 0.1) is 13.8 Å². The van der Waals surface area contributed by atoms with Gasteiger partial charge in [-0.1, -0.05) is 24.3 Å². The summed E-state index contributed by atoms with van der Waals surface area (Å²) in [6.45, 7) is 5.99. The predicted octanol–water partition coefficient (Wildman–Crippen LogP) is 3.18. The molecule has 1 amide bonds. The second kappa shape index (κ2) is 7.14. The zero-order valence-corrected chi connectivity index (χ0v) is 14.3. The Balaban J connectivity index is 1.79. The van der Waals surface area contributed by atoms with Gasteiger partial charge in [-0.3, -0.25) is 9.78 Å². The lowest BCUT2D eigenvalue weighted by Gasteiger charge is -2.37. The number of nitrogens with one attached hydrogen (secondary N) is 1. The zero-order chi connectivity index (χ0) is 17.0. The van der Waals surface area contributed by atoms with Crippen molar-refractivity contribution in [3.63, 3.8) is 0 Å². The molecule has 4 nitrogen and oxygen atoms in total. The third-order valence-corrected chi connectivity index (χ3v) is 4.95. The van der Waals surface area contributed by atoms with Crippen LogP contribution in [0.2, 0.25) is 0 Å². The molecule has 0 bridgehead atoms. The maximum atomic E-state index is 12.6. The monoisotopic (exact) mass is 324 g/mol. The first-order valence-electron chi connectivity index (χ1n) is 8.45. The summed E-state index contributed by atoms with van der Waals surface area (Å²) in [5, 5.41) is 3.14. The van der Waals surface area contributed by atoms with Crippen molar-refractivity contribution >= 4 is 5.91 Å². The Hall–Kier alpha value is -2.20. The number of nitrogens with zero attached hydrogens (tertiary/aromatic N) is 1. The second-order valence-corrected chi connectivity index (χ2v) is 6.58. The summed E-state index contributed by atoms with van der Waals surface area (Å²) in [6.07, 6.45) is 3.73. The third kappa shape index (κ3) is 3.49. The number of aromatic nitrogens is 1. The number of benzene rings is 1. The lowest BCUT2D eigenvalue weighted by molar-refractivity contribution is 0.0486. The summed E-state index contributed by atoms with van der Waals surface area (Å²) >= 11 is 0. The van der Waals surface area contributed by atoms with Gasteiger partial charge in [0, 0.05) is 42.6 Å². The van der Waals surface area contributed by atoms with E-state index in [-0.39, 0.29) is 11.3 Å². The van der Waals surface area contributed by atoms with Crippen molar-refractivity contribution < 1.29 is 9.53 Å². The smallest absolute Gasteiger partial charge is 0.251 e. The third-order valence-electron chi connectivity index (χ3n) is 4.95. The minimum atomic E-state index is -0.0999. The van der Waals surface area contributed by atoms with Crippen LogP contribution in [0.3, 0.4) is 0 Å². The molecule has 3 rings (SSSR count). The molecule has 4 heteroatoms. The Kier molecular flexibility index (Phi) is 4.95. The average Bonchev–Trinajstić information content (AvgIpc) is 2.61. The molecule has 24 heavy (non-hydrogen) atoms. The number of pyridine rings is 1. The number of rotatable bonds is 4. The van der Waals surface area contributed by atoms with E-state index in [1.807, 2.05) is 50.4 Å². The zero-order valence-electron chi connectivity index (χ0n) is 14.3. The van der Waals surface area contributed by atoms with Gasteiger partial charge < -0.3 is 10.1 Å². The van der Waals surface area contributed by atoms with Crippen molar-refractivity contribution in [3.05, 3.63) is 65.0 Å². The van der Waals surface area contributed by atoms with Crippen molar-refractivity contribution in [1.29, 1.82) is 0 Å². The first-order valence-corrected chi connectivity index (χ1v) is 8.45. The lowest BCUT2D eigenvalue weighted by atomic mass is 9.74. The molecule has 1 saturated heterocycles. The number of hydrogen-bond donors (Lipinski definition) is 1. The van der Waals surface area contributed by atoms with E-state index < -0.39 is 0 Å². The predicted molar refractivity (Wildman–Crippen MR) is 94.2 cm³/mol. The van der Waals surface area contributed by atoms with E-state index >= 15 is 0 Å². The SMILES string of the molecule is Cc1ccc(C2(CNC(=O)c3ccccc3C)CCOCC2)cn1. The summed E-state index contributed by atoms with van der Waals surface area (Å²) in [5.74, 6) is -0.0148. The fraction of sp³-hybridized carbons (Fsp3) is 0.400. The number of carbonyl (C=O) groups is 1. The van der Waals surface area contributed by atoms with Gasteiger partial charge in [0.25, 0.3) is 5.91 Å². The highest BCUT2D eigenvalue weighted by atomic mass is 16.5. The van der Waals surface area contributed by atoms with E-state index in [9.17, 15) is 4.79 Å². The fourth-order valence-electron chi connectivity index (χ4n) is 3.28. The van der Waals surface area contributed by atoms with Crippen LogP contribution in [-0.4, -0.2) is 30.6 Å². The van der Waals surface area contributed by atoms with Gasteiger partial charge in [0.15, 0.2) is 0 Å². The Labute approximate surface area is 143 Å². The normalized spacial score (nSPS) is 16.6. The molecule has 1 aromatic heterocycles. The number of aryl methyl sites for hydroxylation is 2. The Morgan fingerprint density at radius 2 is 1.92 bits per heavy atom. The molecule has 0 atom stereocenters. The van der Waals surface area contributed by atoms with Crippen LogP contribution in [0.15, 0.2) is 42.6 Å². The summed E-state index contributed by atoms with van der Waals surface area (Å²) in [6, 6.07) is 11.8. The van der Waals surface area contributed by atoms with Crippen molar-refractivity contribution in [2.45, 2.75) is 32.1 Å². The van der Waals surface area contributed by atoms with E-state index in [1.165, 1.54) is 5.56 Å². The van der Waals surface area contributed by atoms with Crippen LogP contribution in [-0.2, 0) is 10.2 Å². The van der Waals surface area contributed by atoms with E-state index in [0.29, 0.717) is 19.8 Å². The molecule has 2 aromatic rings. The maximum Gasteiger partial charge on any atom is 0.251 e. The molecule has 1 N–H and O–H groups in total. The number of ether oxygens (including phenoxy) is 1. The quantitative estimate of drug-likeness (QED) is 0.940. The Morgan fingerprint density at radius 3 is 2.58 bits per heavy atom. The fourth-order valence-corrected chi connectivity index (χ4v) is 3.28. The van der Waals surface area contributed by atoms with Gasteiger partial charge >= 0.3 is 0 Å². The molecular formula is C20H24N2O2. The Bertz CT molecular complexity index is 704. The minimum Gasteiger partial charge on any atom is -0.381 e.